The van der Waals surface area contributed by atoms with Gasteiger partial charge in [-0.1, -0.05) is 24.3 Å². The smallest absolute Gasteiger partial charge is 0.130 e. The molecule has 0 radical (unpaired) electrons. The van der Waals surface area contributed by atoms with Crippen molar-refractivity contribution in [2.24, 2.45) is 0 Å². The van der Waals surface area contributed by atoms with E-state index in [0.717, 1.165) is 35.2 Å². The van der Waals surface area contributed by atoms with Crippen LogP contribution in [0.5, 0.6) is 11.5 Å². The third-order valence-electron chi connectivity index (χ3n) is 3.85. The highest BCUT2D eigenvalue weighted by Crippen LogP contribution is 2.33. The molecular formula is C18H21NO2. The second kappa shape index (κ2) is 6.19. The summed E-state index contributed by atoms with van der Waals surface area (Å²) in [4.78, 5) is 0. The van der Waals surface area contributed by atoms with E-state index >= 15 is 0 Å². The van der Waals surface area contributed by atoms with Gasteiger partial charge in [-0.05, 0) is 36.1 Å². The fraction of sp³-hybridized carbons (Fsp3) is 0.333. The van der Waals surface area contributed by atoms with Crippen molar-refractivity contribution in [3.05, 3.63) is 48.0 Å². The summed E-state index contributed by atoms with van der Waals surface area (Å²) in [7, 11) is 3.35. The summed E-state index contributed by atoms with van der Waals surface area (Å²) in [6.07, 6.45) is 2.64. The minimum absolute atomic E-state index is 0.742. The van der Waals surface area contributed by atoms with Crippen molar-refractivity contribution in [2.45, 2.75) is 25.4 Å². The molecule has 1 aliphatic carbocycles. The van der Waals surface area contributed by atoms with E-state index in [-0.39, 0.29) is 0 Å². The maximum absolute atomic E-state index is 5.47. The number of hydrogen-bond acceptors (Lipinski definition) is 3. The molecule has 0 aromatic heterocycles. The Balaban J connectivity index is 1.79. The molecule has 3 nitrogen and oxygen atoms in total. The van der Waals surface area contributed by atoms with Gasteiger partial charge in [-0.3, -0.25) is 0 Å². The van der Waals surface area contributed by atoms with Gasteiger partial charge in [0.05, 0.1) is 14.2 Å². The number of rotatable bonds is 6. The van der Waals surface area contributed by atoms with Gasteiger partial charge in [0, 0.05) is 24.2 Å². The van der Waals surface area contributed by atoms with E-state index in [1.807, 2.05) is 18.2 Å². The maximum Gasteiger partial charge on any atom is 0.130 e. The summed E-state index contributed by atoms with van der Waals surface area (Å²) in [5, 5.41) is 3.53. The van der Waals surface area contributed by atoms with Gasteiger partial charge >= 0.3 is 0 Å². The minimum atomic E-state index is 0.742. The van der Waals surface area contributed by atoms with Crippen LogP contribution in [0.4, 0.5) is 0 Å². The van der Waals surface area contributed by atoms with Gasteiger partial charge in [-0.2, -0.15) is 0 Å². The molecular weight excluding hydrogens is 262 g/mol. The molecule has 0 bridgehead atoms. The van der Waals surface area contributed by atoms with Crippen LogP contribution in [0.1, 0.15) is 18.4 Å². The molecule has 21 heavy (non-hydrogen) atoms. The Morgan fingerprint density at radius 1 is 1.00 bits per heavy atom. The molecule has 0 aliphatic heterocycles. The lowest BCUT2D eigenvalue weighted by Gasteiger charge is -2.11. The summed E-state index contributed by atoms with van der Waals surface area (Å²) in [6, 6.07) is 15.3. The van der Waals surface area contributed by atoms with Gasteiger partial charge in [0.1, 0.15) is 11.5 Å². The molecule has 2 aromatic rings. The average Bonchev–Trinajstić information content (AvgIpc) is 3.37. The molecule has 1 saturated carbocycles. The topological polar surface area (TPSA) is 30.5 Å². The van der Waals surface area contributed by atoms with Crippen molar-refractivity contribution in [1.29, 1.82) is 0 Å². The quantitative estimate of drug-likeness (QED) is 0.878. The molecule has 0 unspecified atom stereocenters. The standard InChI is InChI=1S/C18H21NO2/c1-20-16-9-10-17(18(11-16)21-2)14-5-3-13(4-6-14)12-19-15-7-8-15/h3-6,9-11,15,19H,7-8,12H2,1-2H3. The van der Waals surface area contributed by atoms with E-state index in [1.54, 1.807) is 14.2 Å². The minimum Gasteiger partial charge on any atom is -0.497 e. The van der Waals surface area contributed by atoms with Crippen molar-refractivity contribution in [2.75, 3.05) is 14.2 Å². The summed E-state index contributed by atoms with van der Waals surface area (Å²) >= 11 is 0. The van der Waals surface area contributed by atoms with Crippen molar-refractivity contribution in [3.8, 4) is 22.6 Å². The SMILES string of the molecule is COc1ccc(-c2ccc(CNC3CC3)cc2)c(OC)c1. The van der Waals surface area contributed by atoms with E-state index < -0.39 is 0 Å². The van der Waals surface area contributed by atoms with Crippen molar-refractivity contribution < 1.29 is 9.47 Å². The van der Waals surface area contributed by atoms with Gasteiger partial charge in [0.15, 0.2) is 0 Å². The van der Waals surface area contributed by atoms with E-state index in [4.69, 9.17) is 9.47 Å². The van der Waals surface area contributed by atoms with E-state index in [2.05, 4.69) is 29.6 Å². The first-order chi connectivity index (χ1) is 10.3. The normalized spacial score (nSPS) is 14.0. The van der Waals surface area contributed by atoms with Gasteiger partial charge in [-0.15, -0.1) is 0 Å². The van der Waals surface area contributed by atoms with Gasteiger partial charge in [-0.25, -0.2) is 0 Å². The molecule has 0 saturated heterocycles. The average molecular weight is 283 g/mol. The Morgan fingerprint density at radius 2 is 1.76 bits per heavy atom. The molecule has 3 heteroatoms. The molecule has 0 heterocycles. The van der Waals surface area contributed by atoms with Crippen LogP contribution in [0.15, 0.2) is 42.5 Å². The van der Waals surface area contributed by atoms with Gasteiger partial charge < -0.3 is 14.8 Å². The Kier molecular flexibility index (Phi) is 4.11. The third kappa shape index (κ3) is 3.37. The second-order valence-corrected chi connectivity index (χ2v) is 5.42. The summed E-state index contributed by atoms with van der Waals surface area (Å²) in [5.74, 6) is 1.64. The van der Waals surface area contributed by atoms with E-state index in [9.17, 15) is 0 Å². The lowest BCUT2D eigenvalue weighted by molar-refractivity contribution is 0.395. The predicted molar refractivity (Wildman–Crippen MR) is 84.8 cm³/mol. The predicted octanol–water partition coefficient (Wildman–Crippen LogP) is 3.62. The largest absolute Gasteiger partial charge is 0.497 e. The number of nitrogens with one attached hydrogen (secondary N) is 1. The second-order valence-electron chi connectivity index (χ2n) is 5.42. The van der Waals surface area contributed by atoms with Crippen LogP contribution in [0.25, 0.3) is 11.1 Å². The molecule has 0 atom stereocenters. The lowest BCUT2D eigenvalue weighted by atomic mass is 10.0. The zero-order valence-electron chi connectivity index (χ0n) is 12.6. The highest BCUT2D eigenvalue weighted by molar-refractivity contribution is 5.71. The fourth-order valence-corrected chi connectivity index (χ4v) is 2.39. The van der Waals surface area contributed by atoms with Crippen molar-refractivity contribution in [3.63, 3.8) is 0 Å². The molecule has 0 amide bonds. The Bertz CT molecular complexity index is 603. The van der Waals surface area contributed by atoms with Crippen molar-refractivity contribution in [1.82, 2.24) is 5.32 Å². The number of benzene rings is 2. The van der Waals surface area contributed by atoms with Crippen LogP contribution in [0.2, 0.25) is 0 Å². The highest BCUT2D eigenvalue weighted by Gasteiger charge is 2.19. The molecule has 1 N–H and O–H groups in total. The molecule has 110 valence electrons. The van der Waals surface area contributed by atoms with Crippen LogP contribution in [0, 0.1) is 0 Å². The number of ether oxygens (including phenoxy) is 2. The molecule has 1 fully saturated rings. The van der Waals surface area contributed by atoms with Crippen LogP contribution in [0.3, 0.4) is 0 Å². The fourth-order valence-electron chi connectivity index (χ4n) is 2.39. The first kappa shape index (κ1) is 14.0. The Labute approximate surface area is 125 Å². The zero-order chi connectivity index (χ0) is 14.7. The first-order valence-electron chi connectivity index (χ1n) is 7.35. The van der Waals surface area contributed by atoms with E-state index in [1.165, 1.54) is 18.4 Å². The Morgan fingerprint density at radius 3 is 2.38 bits per heavy atom. The summed E-state index contributed by atoms with van der Waals surface area (Å²) < 4.78 is 10.7. The molecule has 3 rings (SSSR count). The van der Waals surface area contributed by atoms with Crippen LogP contribution in [-0.2, 0) is 6.54 Å². The Hall–Kier alpha value is -2.00. The van der Waals surface area contributed by atoms with Crippen LogP contribution < -0.4 is 14.8 Å². The first-order valence-corrected chi connectivity index (χ1v) is 7.35. The van der Waals surface area contributed by atoms with Crippen molar-refractivity contribution >= 4 is 0 Å². The number of methoxy groups -OCH3 is 2. The zero-order valence-corrected chi connectivity index (χ0v) is 12.6. The van der Waals surface area contributed by atoms with Gasteiger partial charge in [0.25, 0.3) is 0 Å². The lowest BCUT2D eigenvalue weighted by Crippen LogP contribution is -2.14. The van der Waals surface area contributed by atoms with Crippen LogP contribution in [-0.4, -0.2) is 20.3 Å². The highest BCUT2D eigenvalue weighted by atomic mass is 16.5. The maximum atomic E-state index is 5.47. The summed E-state index contributed by atoms with van der Waals surface area (Å²) in [6.45, 7) is 0.949. The third-order valence-corrected chi connectivity index (χ3v) is 3.85. The molecule has 2 aromatic carbocycles. The van der Waals surface area contributed by atoms with Crippen LogP contribution >= 0.6 is 0 Å². The molecule has 1 aliphatic rings. The monoisotopic (exact) mass is 283 g/mol. The number of hydrogen-bond donors (Lipinski definition) is 1. The molecule has 0 spiro atoms. The summed E-state index contributed by atoms with van der Waals surface area (Å²) in [5.41, 5.74) is 3.56. The van der Waals surface area contributed by atoms with Gasteiger partial charge in [0.2, 0.25) is 0 Å². The van der Waals surface area contributed by atoms with E-state index in [0.29, 0.717) is 0 Å².